The molecule has 2 nitrogen and oxygen atoms in total. The summed E-state index contributed by atoms with van der Waals surface area (Å²) in [4.78, 5) is 0. The third-order valence-electron chi connectivity index (χ3n) is 1.53. The molecule has 0 aromatic heterocycles. The molecule has 0 radical (unpaired) electrons. The number of nitrogens with one attached hydrogen (secondary N) is 1. The lowest BCUT2D eigenvalue weighted by Crippen LogP contribution is -2.15. The lowest BCUT2D eigenvalue weighted by atomic mass is 10.1. The van der Waals surface area contributed by atoms with E-state index in [0.29, 0.717) is 0 Å². The highest BCUT2D eigenvalue weighted by atomic mass is 35.5. The summed E-state index contributed by atoms with van der Waals surface area (Å²) in [5, 5.41) is 12.1. The van der Waals surface area contributed by atoms with Gasteiger partial charge in [-0.05, 0) is 0 Å². The van der Waals surface area contributed by atoms with E-state index in [0.717, 1.165) is 13.1 Å². The first-order valence-electron chi connectivity index (χ1n) is 2.86. The quantitative estimate of drug-likeness (QED) is 0.522. The van der Waals surface area contributed by atoms with Crippen molar-refractivity contribution in [3.05, 3.63) is 12.7 Å². The highest BCUT2D eigenvalue weighted by molar-refractivity contribution is 5.85. The molecule has 0 aliphatic carbocycles. The van der Waals surface area contributed by atoms with E-state index in [2.05, 4.69) is 11.9 Å². The van der Waals surface area contributed by atoms with E-state index >= 15 is 0 Å². The predicted molar refractivity (Wildman–Crippen MR) is 39.8 cm³/mol. The summed E-state index contributed by atoms with van der Waals surface area (Å²) < 4.78 is 0. The Balaban J connectivity index is 0.000000640. The zero-order valence-corrected chi connectivity index (χ0v) is 6.03. The zero-order valence-electron chi connectivity index (χ0n) is 5.21. The van der Waals surface area contributed by atoms with E-state index in [1.807, 2.05) is 0 Å². The minimum atomic E-state index is -0.201. The van der Waals surface area contributed by atoms with Crippen molar-refractivity contribution in [3.63, 3.8) is 0 Å². The fourth-order valence-corrected chi connectivity index (χ4v) is 0.926. The molecule has 1 aliphatic heterocycles. The average Bonchev–Trinajstić information content (AvgIpc) is 2.14. The molecule has 0 spiro atoms. The van der Waals surface area contributed by atoms with Gasteiger partial charge in [0.25, 0.3) is 0 Å². The first-order valence-corrected chi connectivity index (χ1v) is 2.86. The van der Waals surface area contributed by atoms with Crippen molar-refractivity contribution >= 4 is 12.4 Å². The van der Waals surface area contributed by atoms with Crippen molar-refractivity contribution < 1.29 is 5.11 Å². The van der Waals surface area contributed by atoms with Crippen LogP contribution in [0.1, 0.15) is 0 Å². The predicted octanol–water partition coefficient (Wildman–Crippen LogP) is 0.174. The first-order chi connectivity index (χ1) is 3.84. The number of hydrogen-bond donors (Lipinski definition) is 2. The Labute approximate surface area is 61.4 Å². The summed E-state index contributed by atoms with van der Waals surface area (Å²) in [6.07, 6.45) is 1.59. The van der Waals surface area contributed by atoms with Crippen LogP contribution in [0.3, 0.4) is 0 Å². The zero-order chi connectivity index (χ0) is 5.98. The molecule has 0 aromatic rings. The van der Waals surface area contributed by atoms with Crippen molar-refractivity contribution in [3.8, 4) is 0 Å². The largest absolute Gasteiger partial charge is 0.391 e. The second-order valence-corrected chi connectivity index (χ2v) is 2.13. The number of rotatable bonds is 1. The molecule has 9 heavy (non-hydrogen) atoms. The van der Waals surface area contributed by atoms with Crippen molar-refractivity contribution in [2.75, 3.05) is 13.1 Å². The molecule has 1 fully saturated rings. The standard InChI is InChI=1S/C6H11NO.ClH/c1-2-5-3-7-4-6(5)8;/h2,5-8H,1,3-4H2;1H/t5-,6+;/m0./s1. The normalized spacial score (nSPS) is 33.4. The fraction of sp³-hybridized carbons (Fsp3) is 0.667. The minimum Gasteiger partial charge on any atom is -0.391 e. The van der Waals surface area contributed by atoms with Gasteiger partial charge >= 0.3 is 0 Å². The van der Waals surface area contributed by atoms with Crippen molar-refractivity contribution in [2.24, 2.45) is 5.92 Å². The summed E-state index contributed by atoms with van der Waals surface area (Å²) >= 11 is 0. The van der Waals surface area contributed by atoms with E-state index in [9.17, 15) is 0 Å². The topological polar surface area (TPSA) is 32.3 Å². The highest BCUT2D eigenvalue weighted by Crippen LogP contribution is 2.07. The Bertz CT molecular complexity index is 97.1. The van der Waals surface area contributed by atoms with E-state index in [4.69, 9.17) is 5.11 Å². The number of aliphatic hydroxyl groups excluding tert-OH is 1. The molecule has 0 bridgehead atoms. The van der Waals surface area contributed by atoms with E-state index < -0.39 is 0 Å². The Hall–Kier alpha value is -0.0500. The lowest BCUT2D eigenvalue weighted by molar-refractivity contribution is 0.168. The summed E-state index contributed by atoms with van der Waals surface area (Å²) in [6, 6.07) is 0. The van der Waals surface area contributed by atoms with Crippen molar-refractivity contribution in [2.45, 2.75) is 6.10 Å². The first kappa shape index (κ1) is 8.95. The molecule has 1 rings (SSSR count). The smallest absolute Gasteiger partial charge is 0.0739 e. The van der Waals surface area contributed by atoms with Crippen molar-refractivity contribution in [1.82, 2.24) is 5.32 Å². The van der Waals surface area contributed by atoms with Gasteiger partial charge in [0.15, 0.2) is 0 Å². The van der Waals surface area contributed by atoms with Crippen LogP contribution in [0.5, 0.6) is 0 Å². The lowest BCUT2D eigenvalue weighted by Gasteiger charge is -2.04. The molecule has 1 aliphatic rings. The molecule has 2 N–H and O–H groups in total. The molecular formula is C6H12ClNO. The summed E-state index contributed by atoms with van der Waals surface area (Å²) in [5.74, 6) is 0.273. The molecule has 1 heterocycles. The van der Waals surface area contributed by atoms with Crippen molar-refractivity contribution in [1.29, 1.82) is 0 Å². The van der Waals surface area contributed by atoms with Crippen LogP contribution in [0, 0.1) is 5.92 Å². The third kappa shape index (κ3) is 1.97. The van der Waals surface area contributed by atoms with Crippen LogP contribution in [0.2, 0.25) is 0 Å². The molecule has 1 saturated heterocycles. The van der Waals surface area contributed by atoms with Gasteiger partial charge < -0.3 is 10.4 Å². The monoisotopic (exact) mass is 149 g/mol. The highest BCUT2D eigenvalue weighted by Gasteiger charge is 2.20. The maximum absolute atomic E-state index is 9.06. The van der Waals surface area contributed by atoms with Crippen LogP contribution < -0.4 is 5.32 Å². The van der Waals surface area contributed by atoms with Crippen LogP contribution in [0.15, 0.2) is 12.7 Å². The molecule has 0 amide bonds. The molecule has 3 heteroatoms. The van der Waals surface area contributed by atoms with Gasteiger partial charge in [0, 0.05) is 19.0 Å². The molecule has 0 aromatic carbocycles. The molecule has 54 valence electrons. The van der Waals surface area contributed by atoms with Gasteiger partial charge in [-0.3, -0.25) is 0 Å². The Morgan fingerprint density at radius 3 is 2.44 bits per heavy atom. The number of hydrogen-bond acceptors (Lipinski definition) is 2. The van der Waals surface area contributed by atoms with Gasteiger partial charge in [-0.1, -0.05) is 6.08 Å². The van der Waals surface area contributed by atoms with E-state index in [1.54, 1.807) is 6.08 Å². The van der Waals surface area contributed by atoms with Gasteiger partial charge in [0.2, 0.25) is 0 Å². The van der Waals surface area contributed by atoms with Crippen LogP contribution in [-0.4, -0.2) is 24.3 Å². The molecular weight excluding hydrogens is 138 g/mol. The van der Waals surface area contributed by atoms with Gasteiger partial charge in [-0.15, -0.1) is 19.0 Å². The number of β-amino-alcohol motifs (C(OH)–C–C–N with tert-alkyl or cyclic N) is 1. The minimum absolute atomic E-state index is 0. The Kier molecular flexibility index (Phi) is 3.86. The van der Waals surface area contributed by atoms with Gasteiger partial charge in [0.05, 0.1) is 6.10 Å². The molecule has 2 atom stereocenters. The van der Waals surface area contributed by atoms with Gasteiger partial charge in [0.1, 0.15) is 0 Å². The van der Waals surface area contributed by atoms with Crippen LogP contribution in [-0.2, 0) is 0 Å². The summed E-state index contributed by atoms with van der Waals surface area (Å²) in [7, 11) is 0. The van der Waals surface area contributed by atoms with E-state index in [-0.39, 0.29) is 24.4 Å². The van der Waals surface area contributed by atoms with Gasteiger partial charge in [-0.25, -0.2) is 0 Å². The molecule has 0 unspecified atom stereocenters. The summed E-state index contributed by atoms with van der Waals surface area (Å²) in [6.45, 7) is 5.19. The fourth-order valence-electron chi connectivity index (χ4n) is 0.926. The summed E-state index contributed by atoms with van der Waals surface area (Å²) in [5.41, 5.74) is 0. The van der Waals surface area contributed by atoms with Crippen LogP contribution >= 0.6 is 12.4 Å². The Morgan fingerprint density at radius 2 is 2.22 bits per heavy atom. The number of aliphatic hydroxyl groups is 1. The maximum Gasteiger partial charge on any atom is 0.0739 e. The second kappa shape index (κ2) is 3.88. The van der Waals surface area contributed by atoms with E-state index in [1.165, 1.54) is 0 Å². The second-order valence-electron chi connectivity index (χ2n) is 2.13. The Morgan fingerprint density at radius 1 is 1.56 bits per heavy atom. The average molecular weight is 150 g/mol. The maximum atomic E-state index is 9.06. The third-order valence-corrected chi connectivity index (χ3v) is 1.53. The SMILES string of the molecule is C=C[C@H]1CNC[C@H]1O.Cl. The van der Waals surface area contributed by atoms with Crippen LogP contribution in [0.4, 0.5) is 0 Å². The van der Waals surface area contributed by atoms with Gasteiger partial charge in [-0.2, -0.15) is 0 Å². The van der Waals surface area contributed by atoms with Crippen LogP contribution in [0.25, 0.3) is 0 Å². The number of halogens is 1. The molecule has 0 saturated carbocycles.